The van der Waals surface area contributed by atoms with E-state index in [4.69, 9.17) is 0 Å². The SMILES string of the molecule is CCNC(=NCc1c(C)nn(C)c1C)NCc1nc(C(F)(F)F)cs1.I. The van der Waals surface area contributed by atoms with Crippen LogP contribution >= 0.6 is 35.3 Å². The Morgan fingerprint density at radius 3 is 2.50 bits per heavy atom. The average Bonchev–Trinajstić information content (AvgIpc) is 3.09. The molecule has 6 nitrogen and oxygen atoms in total. The zero-order valence-electron chi connectivity index (χ0n) is 14.9. The summed E-state index contributed by atoms with van der Waals surface area (Å²) >= 11 is 0.969. The Balaban J connectivity index is 0.00000338. The van der Waals surface area contributed by atoms with Crippen LogP contribution in [0.1, 0.15) is 34.6 Å². The number of hydrogen-bond donors (Lipinski definition) is 2. The Hall–Kier alpha value is -1.37. The first-order chi connectivity index (χ1) is 11.7. The predicted molar refractivity (Wildman–Crippen MR) is 107 cm³/mol. The van der Waals surface area contributed by atoms with Gasteiger partial charge in [-0.25, -0.2) is 9.98 Å². The Labute approximate surface area is 171 Å². The quantitative estimate of drug-likeness (QED) is 0.374. The third-order valence-corrected chi connectivity index (χ3v) is 4.50. The maximum Gasteiger partial charge on any atom is 0.434 e. The van der Waals surface area contributed by atoms with Crippen molar-refractivity contribution in [2.75, 3.05) is 6.54 Å². The fourth-order valence-electron chi connectivity index (χ4n) is 2.23. The molecule has 2 aromatic rings. The van der Waals surface area contributed by atoms with Gasteiger partial charge >= 0.3 is 6.18 Å². The van der Waals surface area contributed by atoms with Gasteiger partial charge < -0.3 is 10.6 Å². The standard InChI is InChI=1S/C15H21F3N6S.HI/c1-5-19-14(20-6-11-9(2)23-24(4)10(11)3)21-7-13-22-12(8-25-13)15(16,17)18;/h8H,5-7H2,1-4H3,(H2,19,20,21);1H. The number of hydrogen-bond acceptors (Lipinski definition) is 4. The summed E-state index contributed by atoms with van der Waals surface area (Å²) in [5, 5.41) is 11.8. The summed E-state index contributed by atoms with van der Waals surface area (Å²) in [6.07, 6.45) is -4.41. The molecule has 0 spiro atoms. The molecule has 2 rings (SSSR count). The highest BCUT2D eigenvalue weighted by molar-refractivity contribution is 14.0. The molecule has 2 heterocycles. The molecule has 2 N–H and O–H groups in total. The largest absolute Gasteiger partial charge is 0.434 e. The van der Waals surface area contributed by atoms with Crippen LogP contribution in [0.3, 0.4) is 0 Å². The molecule has 0 saturated carbocycles. The van der Waals surface area contributed by atoms with Gasteiger partial charge in [-0.2, -0.15) is 18.3 Å². The van der Waals surface area contributed by atoms with Gasteiger partial charge in [-0.3, -0.25) is 4.68 Å². The van der Waals surface area contributed by atoms with Crippen LogP contribution in [0.2, 0.25) is 0 Å². The van der Waals surface area contributed by atoms with Crippen molar-refractivity contribution in [1.82, 2.24) is 25.4 Å². The van der Waals surface area contributed by atoms with Crippen LogP contribution in [0.15, 0.2) is 10.4 Å². The normalized spacial score (nSPS) is 12.0. The summed E-state index contributed by atoms with van der Waals surface area (Å²) < 4.78 is 39.6. The number of halogens is 4. The molecule has 0 fully saturated rings. The minimum absolute atomic E-state index is 0. The molecule has 0 unspecified atom stereocenters. The highest BCUT2D eigenvalue weighted by Crippen LogP contribution is 2.29. The number of guanidine groups is 1. The number of nitrogens with one attached hydrogen (secondary N) is 2. The molecular formula is C15H22F3IN6S. The highest BCUT2D eigenvalue weighted by Gasteiger charge is 2.33. The lowest BCUT2D eigenvalue weighted by Gasteiger charge is -2.10. The Kier molecular flexibility index (Phi) is 8.31. The summed E-state index contributed by atoms with van der Waals surface area (Å²) in [4.78, 5) is 8.08. The van der Waals surface area contributed by atoms with E-state index in [2.05, 4.69) is 25.7 Å². The van der Waals surface area contributed by atoms with E-state index in [9.17, 15) is 13.2 Å². The summed E-state index contributed by atoms with van der Waals surface area (Å²) in [7, 11) is 1.87. The van der Waals surface area contributed by atoms with Crippen molar-refractivity contribution in [1.29, 1.82) is 0 Å². The monoisotopic (exact) mass is 502 g/mol. The fourth-order valence-corrected chi connectivity index (χ4v) is 2.97. The number of rotatable bonds is 5. The van der Waals surface area contributed by atoms with Crippen LogP contribution < -0.4 is 10.6 Å². The molecule has 0 aliphatic carbocycles. The van der Waals surface area contributed by atoms with E-state index in [-0.39, 0.29) is 30.5 Å². The third-order valence-electron chi connectivity index (χ3n) is 3.65. The van der Waals surface area contributed by atoms with Crippen LogP contribution in [-0.4, -0.2) is 27.3 Å². The first-order valence-electron chi connectivity index (χ1n) is 7.75. The van der Waals surface area contributed by atoms with Gasteiger partial charge in [0, 0.05) is 30.2 Å². The van der Waals surface area contributed by atoms with Gasteiger partial charge in [0.15, 0.2) is 11.7 Å². The van der Waals surface area contributed by atoms with Gasteiger partial charge in [0.25, 0.3) is 0 Å². The van der Waals surface area contributed by atoms with Crippen molar-refractivity contribution in [2.45, 2.75) is 40.0 Å². The van der Waals surface area contributed by atoms with Crippen molar-refractivity contribution >= 4 is 41.3 Å². The number of alkyl halides is 3. The number of aromatic nitrogens is 3. The van der Waals surface area contributed by atoms with Gasteiger partial charge in [-0.15, -0.1) is 35.3 Å². The lowest BCUT2D eigenvalue weighted by molar-refractivity contribution is -0.140. The minimum Gasteiger partial charge on any atom is -0.357 e. The smallest absolute Gasteiger partial charge is 0.357 e. The zero-order chi connectivity index (χ0) is 18.6. The maximum absolute atomic E-state index is 12.6. The molecule has 0 radical (unpaired) electrons. The topological polar surface area (TPSA) is 67.1 Å². The van der Waals surface area contributed by atoms with Crippen LogP contribution in [-0.2, 0) is 26.3 Å². The number of aliphatic imine (C=N–C) groups is 1. The molecule has 0 aliphatic rings. The molecule has 26 heavy (non-hydrogen) atoms. The average molecular weight is 502 g/mol. The molecule has 0 aromatic carbocycles. The van der Waals surface area contributed by atoms with Crippen LogP contribution in [0, 0.1) is 13.8 Å². The molecule has 2 aromatic heterocycles. The maximum atomic E-state index is 12.6. The Morgan fingerprint density at radius 1 is 1.31 bits per heavy atom. The van der Waals surface area contributed by atoms with E-state index < -0.39 is 11.9 Å². The lowest BCUT2D eigenvalue weighted by Crippen LogP contribution is -2.36. The van der Waals surface area contributed by atoms with Crippen molar-refractivity contribution in [3.8, 4) is 0 Å². The van der Waals surface area contributed by atoms with Gasteiger partial charge in [0.2, 0.25) is 0 Å². The minimum atomic E-state index is -4.41. The van der Waals surface area contributed by atoms with E-state index >= 15 is 0 Å². The molecule has 146 valence electrons. The van der Waals surface area contributed by atoms with E-state index in [0.717, 1.165) is 33.7 Å². The van der Waals surface area contributed by atoms with Crippen LogP contribution in [0.5, 0.6) is 0 Å². The Bertz CT molecular complexity index is 753. The summed E-state index contributed by atoms with van der Waals surface area (Å²) in [5.41, 5.74) is 2.12. The van der Waals surface area contributed by atoms with Gasteiger partial charge in [0.05, 0.1) is 18.8 Å². The second-order valence-electron chi connectivity index (χ2n) is 5.45. The van der Waals surface area contributed by atoms with E-state index in [0.29, 0.717) is 24.1 Å². The number of nitrogens with zero attached hydrogens (tertiary/aromatic N) is 4. The van der Waals surface area contributed by atoms with Gasteiger partial charge in [-0.1, -0.05) is 0 Å². The molecule has 0 saturated heterocycles. The molecule has 0 aliphatic heterocycles. The molecule has 0 bridgehead atoms. The summed E-state index contributed by atoms with van der Waals surface area (Å²) in [6.45, 7) is 7.07. The molecule has 0 amide bonds. The first-order valence-corrected chi connectivity index (χ1v) is 8.63. The summed E-state index contributed by atoms with van der Waals surface area (Å²) in [6, 6.07) is 0. The highest BCUT2D eigenvalue weighted by atomic mass is 127. The Morgan fingerprint density at radius 2 is 2.00 bits per heavy atom. The predicted octanol–water partition coefficient (Wildman–Crippen LogP) is 3.39. The van der Waals surface area contributed by atoms with Crippen molar-refractivity contribution in [2.24, 2.45) is 12.0 Å². The van der Waals surface area contributed by atoms with Gasteiger partial charge in [-0.05, 0) is 20.8 Å². The zero-order valence-corrected chi connectivity index (χ0v) is 18.1. The van der Waals surface area contributed by atoms with Gasteiger partial charge in [0.1, 0.15) is 5.01 Å². The number of thiazole rings is 1. The second-order valence-corrected chi connectivity index (χ2v) is 6.39. The number of aryl methyl sites for hydroxylation is 2. The van der Waals surface area contributed by atoms with Crippen molar-refractivity contribution in [3.05, 3.63) is 33.0 Å². The fraction of sp³-hybridized carbons (Fsp3) is 0.533. The van der Waals surface area contributed by atoms with E-state index in [1.807, 2.05) is 27.8 Å². The van der Waals surface area contributed by atoms with Crippen LogP contribution in [0.25, 0.3) is 0 Å². The van der Waals surface area contributed by atoms with Crippen molar-refractivity contribution < 1.29 is 13.2 Å². The lowest BCUT2D eigenvalue weighted by atomic mass is 10.2. The van der Waals surface area contributed by atoms with Crippen LogP contribution in [0.4, 0.5) is 13.2 Å². The first kappa shape index (κ1) is 22.7. The third kappa shape index (κ3) is 5.83. The van der Waals surface area contributed by atoms with E-state index in [1.54, 1.807) is 4.68 Å². The van der Waals surface area contributed by atoms with Crippen molar-refractivity contribution in [3.63, 3.8) is 0 Å². The molecule has 11 heteroatoms. The molecular weight excluding hydrogens is 480 g/mol. The summed E-state index contributed by atoms with van der Waals surface area (Å²) in [5.74, 6) is 0.522. The van der Waals surface area contributed by atoms with E-state index in [1.165, 1.54) is 0 Å². The second kappa shape index (κ2) is 9.53. The molecule has 0 atom stereocenters.